The number of para-hydroxylation sites is 3. The number of anilines is 1. The van der Waals surface area contributed by atoms with Crippen molar-refractivity contribution >= 4 is 45.0 Å². The van der Waals surface area contributed by atoms with Gasteiger partial charge >= 0.3 is 0 Å². The highest BCUT2D eigenvalue weighted by Gasteiger charge is 2.39. The summed E-state index contributed by atoms with van der Waals surface area (Å²) < 4.78 is 2.08. The van der Waals surface area contributed by atoms with Gasteiger partial charge in [0.15, 0.2) is 5.69 Å². The molecule has 0 bridgehead atoms. The predicted molar refractivity (Wildman–Crippen MR) is 175 cm³/mol. The zero-order chi connectivity index (χ0) is 29.8. The number of aromatic nitrogens is 1. The Hall–Kier alpha value is -6.25. The fraction of sp³-hybridized carbons (Fsp3) is 0. The van der Waals surface area contributed by atoms with Gasteiger partial charge in [0.05, 0.1) is 40.1 Å². The van der Waals surface area contributed by atoms with E-state index in [0.717, 1.165) is 44.1 Å². The molecule has 5 nitrogen and oxygen atoms in total. The lowest BCUT2D eigenvalue weighted by molar-refractivity contribution is 0.0926. The lowest BCUT2D eigenvalue weighted by atomic mass is 10.00. The standard InChI is InChI=1S/C39H23N3O2/c1-40-33-18-7-5-13-28(33)30-15-9-16-31-29-14-6-8-19-34(29)42(37(30)31)35-20-10-17-32-36(35)39(44)41(38(32)43)27-23-21-26(22-24-27)25-11-3-2-4-12-25/h2-24H. The Balaban J connectivity index is 1.34. The average molecular weight is 566 g/mol. The Morgan fingerprint density at radius 1 is 0.523 bits per heavy atom. The van der Waals surface area contributed by atoms with Gasteiger partial charge in [0.25, 0.3) is 11.8 Å². The van der Waals surface area contributed by atoms with Crippen molar-refractivity contribution in [3.63, 3.8) is 0 Å². The number of nitrogens with zero attached hydrogens (tertiary/aromatic N) is 3. The number of benzene rings is 6. The van der Waals surface area contributed by atoms with Crippen LogP contribution in [0.4, 0.5) is 11.4 Å². The number of imide groups is 1. The maximum Gasteiger partial charge on any atom is 0.268 e. The van der Waals surface area contributed by atoms with Gasteiger partial charge in [0.1, 0.15) is 0 Å². The van der Waals surface area contributed by atoms with Gasteiger partial charge in [0, 0.05) is 10.8 Å². The van der Waals surface area contributed by atoms with Gasteiger partial charge < -0.3 is 4.57 Å². The molecule has 0 radical (unpaired) electrons. The van der Waals surface area contributed by atoms with Gasteiger partial charge in [-0.05, 0) is 52.6 Å². The number of carbonyl (C=O) groups is 2. The van der Waals surface area contributed by atoms with Crippen molar-refractivity contribution < 1.29 is 9.59 Å². The summed E-state index contributed by atoms with van der Waals surface area (Å²) in [7, 11) is 0. The minimum Gasteiger partial charge on any atom is -0.308 e. The quantitative estimate of drug-likeness (QED) is 0.158. The van der Waals surface area contributed by atoms with Gasteiger partial charge in [-0.3, -0.25) is 9.59 Å². The van der Waals surface area contributed by atoms with Crippen LogP contribution in [0.15, 0.2) is 140 Å². The molecule has 1 aromatic heterocycles. The second kappa shape index (κ2) is 9.94. The Labute approximate surface area is 253 Å². The van der Waals surface area contributed by atoms with E-state index in [9.17, 15) is 9.59 Å². The van der Waals surface area contributed by atoms with Crippen LogP contribution in [0, 0.1) is 6.57 Å². The van der Waals surface area contributed by atoms with E-state index in [2.05, 4.69) is 21.5 Å². The van der Waals surface area contributed by atoms with Crippen molar-refractivity contribution in [3.05, 3.63) is 162 Å². The van der Waals surface area contributed by atoms with E-state index in [-0.39, 0.29) is 11.8 Å². The van der Waals surface area contributed by atoms with E-state index in [4.69, 9.17) is 6.57 Å². The fourth-order valence-corrected chi connectivity index (χ4v) is 6.41. The first-order valence-corrected chi connectivity index (χ1v) is 14.3. The molecule has 7 aromatic rings. The highest BCUT2D eigenvalue weighted by atomic mass is 16.2. The molecule has 0 fully saturated rings. The van der Waals surface area contributed by atoms with Gasteiger partial charge in [0.2, 0.25) is 0 Å². The van der Waals surface area contributed by atoms with Crippen molar-refractivity contribution in [2.24, 2.45) is 0 Å². The van der Waals surface area contributed by atoms with Crippen LogP contribution < -0.4 is 4.90 Å². The molecule has 0 aliphatic carbocycles. The van der Waals surface area contributed by atoms with Crippen molar-refractivity contribution in [2.75, 3.05) is 4.90 Å². The molecule has 1 aliphatic heterocycles. The molecule has 0 saturated heterocycles. The first-order valence-electron chi connectivity index (χ1n) is 14.3. The molecule has 44 heavy (non-hydrogen) atoms. The zero-order valence-electron chi connectivity index (χ0n) is 23.4. The van der Waals surface area contributed by atoms with Gasteiger partial charge in [-0.25, -0.2) is 9.74 Å². The lowest BCUT2D eigenvalue weighted by Crippen LogP contribution is -2.29. The van der Waals surface area contributed by atoms with E-state index in [1.54, 1.807) is 6.07 Å². The first kappa shape index (κ1) is 25.5. The predicted octanol–water partition coefficient (Wildman–Crippen LogP) is 9.47. The topological polar surface area (TPSA) is 46.7 Å². The number of rotatable bonds is 4. The molecule has 0 spiro atoms. The monoisotopic (exact) mass is 565 g/mol. The second-order valence-corrected chi connectivity index (χ2v) is 10.7. The van der Waals surface area contributed by atoms with E-state index < -0.39 is 0 Å². The second-order valence-electron chi connectivity index (χ2n) is 10.7. The van der Waals surface area contributed by atoms with Crippen molar-refractivity contribution in [2.45, 2.75) is 0 Å². The van der Waals surface area contributed by atoms with E-state index >= 15 is 0 Å². The van der Waals surface area contributed by atoms with Gasteiger partial charge in [-0.2, -0.15) is 0 Å². The first-order chi connectivity index (χ1) is 21.7. The smallest absolute Gasteiger partial charge is 0.268 e. The maximum absolute atomic E-state index is 14.3. The van der Waals surface area contributed by atoms with Crippen LogP contribution in [0.5, 0.6) is 0 Å². The number of fused-ring (bicyclic) bond motifs is 4. The van der Waals surface area contributed by atoms with Gasteiger partial charge in [-0.15, -0.1) is 0 Å². The molecule has 206 valence electrons. The van der Waals surface area contributed by atoms with Crippen molar-refractivity contribution in [1.82, 2.24) is 4.57 Å². The molecule has 8 rings (SSSR count). The molecular weight excluding hydrogens is 542 g/mol. The molecule has 2 amide bonds. The molecule has 0 saturated carbocycles. The van der Waals surface area contributed by atoms with Crippen molar-refractivity contribution in [3.8, 4) is 27.9 Å². The summed E-state index contributed by atoms with van der Waals surface area (Å²) in [4.78, 5) is 33.2. The largest absolute Gasteiger partial charge is 0.308 e. The van der Waals surface area contributed by atoms with Crippen LogP contribution >= 0.6 is 0 Å². The summed E-state index contributed by atoms with van der Waals surface area (Å²) >= 11 is 0. The highest BCUT2D eigenvalue weighted by Crippen LogP contribution is 2.43. The number of amides is 2. The SMILES string of the molecule is [C-]#[N+]c1ccccc1-c1cccc2c3ccccc3n(-c3cccc4c3C(=O)N(c3ccc(-c5ccccc5)cc3)C4=O)c12. The average Bonchev–Trinajstić information content (AvgIpc) is 3.56. The molecule has 5 heteroatoms. The Kier molecular flexibility index (Phi) is 5.75. The highest BCUT2D eigenvalue weighted by molar-refractivity contribution is 6.36. The Morgan fingerprint density at radius 2 is 1.16 bits per heavy atom. The summed E-state index contributed by atoms with van der Waals surface area (Å²) in [6, 6.07) is 44.7. The van der Waals surface area contributed by atoms with E-state index in [0.29, 0.717) is 28.2 Å². The summed E-state index contributed by atoms with van der Waals surface area (Å²) in [5, 5.41) is 2.02. The Morgan fingerprint density at radius 3 is 1.98 bits per heavy atom. The molecule has 2 heterocycles. The summed E-state index contributed by atoms with van der Waals surface area (Å²) in [5.74, 6) is -0.711. The molecular formula is C39H23N3O2. The van der Waals surface area contributed by atoms with Gasteiger partial charge in [-0.1, -0.05) is 109 Å². The number of carbonyl (C=O) groups excluding carboxylic acids is 2. The third kappa shape index (κ3) is 3.72. The molecule has 6 aromatic carbocycles. The zero-order valence-corrected chi connectivity index (χ0v) is 23.4. The third-order valence-electron chi connectivity index (χ3n) is 8.38. The minimum absolute atomic E-state index is 0.348. The maximum atomic E-state index is 14.3. The fourth-order valence-electron chi connectivity index (χ4n) is 6.41. The minimum atomic E-state index is -0.363. The van der Waals surface area contributed by atoms with Crippen LogP contribution in [-0.4, -0.2) is 16.4 Å². The summed E-state index contributed by atoms with van der Waals surface area (Å²) in [6.45, 7) is 7.81. The molecule has 1 aliphatic rings. The Bertz CT molecular complexity index is 2330. The number of hydrogen-bond donors (Lipinski definition) is 0. The molecule has 0 atom stereocenters. The van der Waals surface area contributed by atoms with Crippen LogP contribution in [0.1, 0.15) is 20.7 Å². The lowest BCUT2D eigenvalue weighted by Gasteiger charge is -2.16. The van der Waals surface area contributed by atoms with Crippen LogP contribution in [0.25, 0.3) is 54.6 Å². The van der Waals surface area contributed by atoms with Crippen LogP contribution in [0.3, 0.4) is 0 Å². The normalized spacial score (nSPS) is 12.6. The van der Waals surface area contributed by atoms with Crippen LogP contribution in [0.2, 0.25) is 0 Å². The molecule has 0 unspecified atom stereocenters. The summed E-state index contributed by atoms with van der Waals surface area (Å²) in [5.41, 5.74) is 7.98. The van der Waals surface area contributed by atoms with E-state index in [1.165, 1.54) is 4.90 Å². The molecule has 0 N–H and O–H groups in total. The summed E-state index contributed by atoms with van der Waals surface area (Å²) in [6.07, 6.45) is 0. The third-order valence-corrected chi connectivity index (χ3v) is 8.38. The van der Waals surface area contributed by atoms with E-state index in [1.807, 2.05) is 121 Å². The van der Waals surface area contributed by atoms with Crippen LogP contribution in [-0.2, 0) is 0 Å². The van der Waals surface area contributed by atoms with Crippen molar-refractivity contribution in [1.29, 1.82) is 0 Å². The number of hydrogen-bond acceptors (Lipinski definition) is 2.